The number of nitrogens with one attached hydrogen (secondary N) is 1. The van der Waals surface area contributed by atoms with Gasteiger partial charge in [0.15, 0.2) is 0 Å². The Morgan fingerprint density at radius 1 is 1.47 bits per heavy atom. The molecule has 4 N–H and O–H groups in total. The molecule has 0 saturated heterocycles. The van der Waals surface area contributed by atoms with Gasteiger partial charge in [-0.05, 0) is 24.6 Å². The maximum atomic E-state index is 11.8. The molecule has 1 aromatic carbocycles. The number of carboxylic acids is 1. The van der Waals surface area contributed by atoms with Crippen LogP contribution in [-0.2, 0) is 10.0 Å². The standard InChI is InChI=1S/C10H14N2O4S/c1-2-5-12-17(15,16)9-4-3-7(10(13)14)6-8(9)11/h3-4,6,12H,2,5,11H2,1H3,(H,13,14). The van der Waals surface area contributed by atoms with Gasteiger partial charge in [0.05, 0.1) is 11.3 Å². The van der Waals surface area contributed by atoms with Crippen molar-refractivity contribution in [2.45, 2.75) is 18.2 Å². The monoisotopic (exact) mass is 258 g/mol. The third-order valence-electron chi connectivity index (χ3n) is 2.09. The number of sulfonamides is 1. The number of benzene rings is 1. The van der Waals surface area contributed by atoms with E-state index in [1.165, 1.54) is 12.1 Å². The van der Waals surface area contributed by atoms with Crippen molar-refractivity contribution in [3.63, 3.8) is 0 Å². The predicted octanol–water partition coefficient (Wildman–Crippen LogP) is 0.655. The Kier molecular flexibility index (Phi) is 4.08. The fourth-order valence-electron chi connectivity index (χ4n) is 1.24. The fraction of sp³-hybridized carbons (Fsp3) is 0.300. The van der Waals surface area contributed by atoms with E-state index >= 15 is 0 Å². The average molecular weight is 258 g/mol. The summed E-state index contributed by atoms with van der Waals surface area (Å²) in [5.74, 6) is -1.15. The second-order valence-corrected chi connectivity index (χ2v) is 5.19. The van der Waals surface area contributed by atoms with E-state index in [1.54, 1.807) is 0 Å². The summed E-state index contributed by atoms with van der Waals surface area (Å²) in [4.78, 5) is 10.6. The van der Waals surface area contributed by atoms with Gasteiger partial charge in [-0.3, -0.25) is 0 Å². The molecule has 0 spiro atoms. The van der Waals surface area contributed by atoms with Crippen LogP contribution in [0.2, 0.25) is 0 Å². The van der Waals surface area contributed by atoms with E-state index in [-0.39, 0.29) is 16.1 Å². The summed E-state index contributed by atoms with van der Waals surface area (Å²) in [6, 6.07) is 3.53. The second kappa shape index (κ2) is 5.15. The number of anilines is 1. The maximum Gasteiger partial charge on any atom is 0.335 e. The first-order chi connectivity index (χ1) is 7.88. The highest BCUT2D eigenvalue weighted by Gasteiger charge is 2.17. The second-order valence-electron chi connectivity index (χ2n) is 3.46. The number of nitrogen functional groups attached to an aromatic ring is 1. The van der Waals surface area contributed by atoms with Crippen molar-refractivity contribution in [2.75, 3.05) is 12.3 Å². The summed E-state index contributed by atoms with van der Waals surface area (Å²) >= 11 is 0. The van der Waals surface area contributed by atoms with Gasteiger partial charge >= 0.3 is 5.97 Å². The van der Waals surface area contributed by atoms with Crippen molar-refractivity contribution < 1.29 is 18.3 Å². The van der Waals surface area contributed by atoms with Crippen molar-refractivity contribution in [1.82, 2.24) is 4.72 Å². The van der Waals surface area contributed by atoms with Crippen molar-refractivity contribution in [2.24, 2.45) is 0 Å². The SMILES string of the molecule is CCCNS(=O)(=O)c1ccc(C(=O)O)cc1N. The Labute approximate surface area is 99.5 Å². The molecule has 0 unspecified atom stereocenters. The van der Waals surface area contributed by atoms with Crippen LogP contribution in [0.3, 0.4) is 0 Å². The van der Waals surface area contributed by atoms with Gasteiger partial charge in [-0.25, -0.2) is 17.9 Å². The lowest BCUT2D eigenvalue weighted by Gasteiger charge is -2.08. The quantitative estimate of drug-likeness (QED) is 0.672. The smallest absolute Gasteiger partial charge is 0.335 e. The van der Waals surface area contributed by atoms with Crippen LogP contribution in [0, 0.1) is 0 Å². The first kappa shape index (κ1) is 13.5. The van der Waals surface area contributed by atoms with Crippen molar-refractivity contribution in [1.29, 1.82) is 0 Å². The van der Waals surface area contributed by atoms with Gasteiger partial charge in [0.2, 0.25) is 10.0 Å². The highest BCUT2D eigenvalue weighted by molar-refractivity contribution is 7.89. The van der Waals surface area contributed by atoms with E-state index in [0.29, 0.717) is 13.0 Å². The highest BCUT2D eigenvalue weighted by Crippen LogP contribution is 2.19. The molecule has 0 aliphatic heterocycles. The zero-order valence-corrected chi connectivity index (χ0v) is 10.1. The Morgan fingerprint density at radius 3 is 2.59 bits per heavy atom. The van der Waals surface area contributed by atoms with Crippen molar-refractivity contribution in [3.8, 4) is 0 Å². The number of hydrogen-bond donors (Lipinski definition) is 3. The number of rotatable bonds is 5. The molecule has 1 aromatic rings. The molecule has 0 radical (unpaired) electrons. The van der Waals surface area contributed by atoms with Gasteiger partial charge in [0.25, 0.3) is 0 Å². The Hall–Kier alpha value is -1.60. The lowest BCUT2D eigenvalue weighted by molar-refractivity contribution is 0.0697. The third kappa shape index (κ3) is 3.18. The van der Waals surface area contributed by atoms with Crippen LogP contribution >= 0.6 is 0 Å². The molecule has 1 rings (SSSR count). The van der Waals surface area contributed by atoms with Gasteiger partial charge in [0, 0.05) is 6.54 Å². The number of carboxylic acid groups (broad SMARTS) is 1. The minimum atomic E-state index is -3.66. The summed E-state index contributed by atoms with van der Waals surface area (Å²) in [6.45, 7) is 2.14. The Balaban J connectivity index is 3.12. The molecule has 0 aromatic heterocycles. The molecule has 0 atom stereocenters. The third-order valence-corrected chi connectivity index (χ3v) is 3.62. The number of aromatic carboxylic acids is 1. The van der Waals surface area contributed by atoms with Crippen LogP contribution in [-0.4, -0.2) is 26.0 Å². The average Bonchev–Trinajstić information content (AvgIpc) is 2.25. The van der Waals surface area contributed by atoms with E-state index in [4.69, 9.17) is 10.8 Å². The number of hydrogen-bond acceptors (Lipinski definition) is 4. The molecule has 7 heteroatoms. The van der Waals surface area contributed by atoms with Crippen molar-refractivity contribution >= 4 is 21.7 Å². The van der Waals surface area contributed by atoms with Crippen LogP contribution in [0.25, 0.3) is 0 Å². The van der Waals surface area contributed by atoms with E-state index in [1.807, 2.05) is 6.92 Å². The van der Waals surface area contributed by atoms with Crippen LogP contribution < -0.4 is 10.5 Å². The molecule has 0 fully saturated rings. The molecule has 0 heterocycles. The predicted molar refractivity (Wildman–Crippen MR) is 63.3 cm³/mol. The van der Waals surface area contributed by atoms with E-state index in [0.717, 1.165) is 6.07 Å². The number of carbonyl (C=O) groups is 1. The topological polar surface area (TPSA) is 109 Å². The molecular formula is C10H14N2O4S. The highest BCUT2D eigenvalue weighted by atomic mass is 32.2. The Bertz CT molecular complexity index is 525. The molecule has 0 bridgehead atoms. The summed E-state index contributed by atoms with van der Waals surface area (Å²) in [6.07, 6.45) is 0.659. The molecule has 94 valence electrons. The lowest BCUT2D eigenvalue weighted by atomic mass is 10.2. The zero-order valence-electron chi connectivity index (χ0n) is 9.30. The molecule has 0 aliphatic rings. The molecule has 17 heavy (non-hydrogen) atoms. The first-order valence-corrected chi connectivity index (χ1v) is 6.49. The van der Waals surface area contributed by atoms with Gasteiger partial charge in [-0.15, -0.1) is 0 Å². The van der Waals surface area contributed by atoms with E-state index < -0.39 is 16.0 Å². The van der Waals surface area contributed by atoms with Gasteiger partial charge < -0.3 is 10.8 Å². The van der Waals surface area contributed by atoms with E-state index in [9.17, 15) is 13.2 Å². The maximum absolute atomic E-state index is 11.8. The van der Waals surface area contributed by atoms with Crippen LogP contribution in [0.15, 0.2) is 23.1 Å². The molecule has 0 amide bonds. The zero-order chi connectivity index (χ0) is 13.1. The summed E-state index contributed by atoms with van der Waals surface area (Å²) < 4.78 is 25.9. The lowest BCUT2D eigenvalue weighted by Crippen LogP contribution is -2.25. The molecule has 6 nitrogen and oxygen atoms in total. The Morgan fingerprint density at radius 2 is 2.12 bits per heavy atom. The van der Waals surface area contributed by atoms with Crippen LogP contribution in [0.1, 0.15) is 23.7 Å². The number of nitrogens with two attached hydrogens (primary N) is 1. The summed E-state index contributed by atoms with van der Waals surface area (Å²) in [7, 11) is -3.66. The largest absolute Gasteiger partial charge is 0.478 e. The van der Waals surface area contributed by atoms with Gasteiger partial charge in [-0.2, -0.15) is 0 Å². The molecule has 0 aliphatic carbocycles. The van der Waals surface area contributed by atoms with Gasteiger partial charge in [0.1, 0.15) is 4.90 Å². The van der Waals surface area contributed by atoms with Crippen molar-refractivity contribution in [3.05, 3.63) is 23.8 Å². The minimum Gasteiger partial charge on any atom is -0.478 e. The molecule has 0 saturated carbocycles. The molecular weight excluding hydrogens is 244 g/mol. The summed E-state index contributed by atoms with van der Waals surface area (Å²) in [5.41, 5.74) is 5.41. The fourth-order valence-corrected chi connectivity index (χ4v) is 2.49. The first-order valence-electron chi connectivity index (χ1n) is 5.01. The van der Waals surface area contributed by atoms with E-state index in [2.05, 4.69) is 4.72 Å². The van der Waals surface area contributed by atoms with Crippen LogP contribution in [0.4, 0.5) is 5.69 Å². The normalized spacial score (nSPS) is 11.4. The van der Waals surface area contributed by atoms with Crippen LogP contribution in [0.5, 0.6) is 0 Å². The summed E-state index contributed by atoms with van der Waals surface area (Å²) in [5, 5.41) is 8.72. The minimum absolute atomic E-state index is 0.0445. The van der Waals surface area contributed by atoms with Gasteiger partial charge in [-0.1, -0.05) is 6.92 Å².